The van der Waals surface area contributed by atoms with Crippen LogP contribution in [0.1, 0.15) is 44.9 Å². The fraction of sp³-hybridized carbons (Fsp3) is 0.769. The van der Waals surface area contributed by atoms with Crippen molar-refractivity contribution in [2.75, 3.05) is 13.1 Å². The number of piperidine rings is 1. The summed E-state index contributed by atoms with van der Waals surface area (Å²) < 4.78 is 0. The molecule has 1 saturated heterocycles. The zero-order valence-electron chi connectivity index (χ0n) is 9.30. The molecule has 82 valence electrons. The predicted molar refractivity (Wildman–Crippen MR) is 59.4 cm³/mol. The molecule has 1 heterocycles. The van der Waals surface area contributed by atoms with Gasteiger partial charge in [0.05, 0.1) is 0 Å². The zero-order valence-corrected chi connectivity index (χ0v) is 9.30. The molecule has 15 heavy (non-hydrogen) atoms. The SMILES string of the molecule is O=C(CC1CC1)N1CCC(=C2CC2)CC1. The van der Waals surface area contributed by atoms with Gasteiger partial charge in [-0.15, -0.1) is 0 Å². The average molecular weight is 205 g/mol. The molecule has 0 aromatic rings. The average Bonchev–Trinajstić information content (AvgIpc) is 3.12. The maximum Gasteiger partial charge on any atom is 0.222 e. The highest BCUT2D eigenvalue weighted by atomic mass is 16.2. The van der Waals surface area contributed by atoms with Crippen LogP contribution in [0.3, 0.4) is 0 Å². The number of likely N-dealkylation sites (tertiary alicyclic amines) is 1. The van der Waals surface area contributed by atoms with Gasteiger partial charge in [-0.05, 0) is 44.4 Å². The van der Waals surface area contributed by atoms with E-state index in [9.17, 15) is 4.79 Å². The third-order valence-electron chi connectivity index (χ3n) is 3.88. The Labute approximate surface area is 91.3 Å². The second-order valence-electron chi connectivity index (χ2n) is 5.24. The molecule has 0 N–H and O–H groups in total. The molecule has 1 aliphatic heterocycles. The van der Waals surface area contributed by atoms with Gasteiger partial charge in [0.15, 0.2) is 0 Å². The van der Waals surface area contributed by atoms with E-state index in [2.05, 4.69) is 4.90 Å². The number of carbonyl (C=O) groups is 1. The largest absolute Gasteiger partial charge is 0.342 e. The summed E-state index contributed by atoms with van der Waals surface area (Å²) in [5.74, 6) is 1.15. The lowest BCUT2D eigenvalue weighted by molar-refractivity contribution is -0.132. The first-order valence-electron chi connectivity index (χ1n) is 6.30. The van der Waals surface area contributed by atoms with Gasteiger partial charge in [-0.1, -0.05) is 11.1 Å². The van der Waals surface area contributed by atoms with E-state index in [0.29, 0.717) is 5.91 Å². The Bertz CT molecular complexity index is 298. The van der Waals surface area contributed by atoms with Gasteiger partial charge in [-0.3, -0.25) is 4.79 Å². The molecule has 2 saturated carbocycles. The normalized spacial score (nSPS) is 25.7. The van der Waals surface area contributed by atoms with Crippen molar-refractivity contribution < 1.29 is 4.79 Å². The second kappa shape index (κ2) is 3.66. The molecule has 0 bridgehead atoms. The molecule has 3 aliphatic rings. The predicted octanol–water partition coefficient (Wildman–Crippen LogP) is 2.50. The Morgan fingerprint density at radius 2 is 1.67 bits per heavy atom. The summed E-state index contributed by atoms with van der Waals surface area (Å²) in [5.41, 5.74) is 3.37. The lowest BCUT2D eigenvalue weighted by Gasteiger charge is -2.28. The Hall–Kier alpha value is -0.790. The fourth-order valence-corrected chi connectivity index (χ4v) is 2.49. The van der Waals surface area contributed by atoms with E-state index in [0.717, 1.165) is 38.3 Å². The first-order chi connectivity index (χ1) is 7.33. The molecular weight excluding hydrogens is 186 g/mol. The summed E-state index contributed by atoms with van der Waals surface area (Å²) in [6, 6.07) is 0. The van der Waals surface area contributed by atoms with Gasteiger partial charge in [0.2, 0.25) is 5.91 Å². The monoisotopic (exact) mass is 205 g/mol. The van der Waals surface area contributed by atoms with Crippen LogP contribution >= 0.6 is 0 Å². The minimum absolute atomic E-state index is 0.414. The Balaban J connectivity index is 1.51. The summed E-state index contributed by atoms with van der Waals surface area (Å²) >= 11 is 0. The molecule has 0 atom stereocenters. The van der Waals surface area contributed by atoms with Gasteiger partial charge in [0.25, 0.3) is 0 Å². The number of allylic oxidation sites excluding steroid dienone is 1. The molecule has 0 unspecified atom stereocenters. The highest BCUT2D eigenvalue weighted by Crippen LogP contribution is 2.37. The van der Waals surface area contributed by atoms with Crippen LogP contribution in [0.25, 0.3) is 0 Å². The van der Waals surface area contributed by atoms with Crippen molar-refractivity contribution in [3.05, 3.63) is 11.1 Å². The van der Waals surface area contributed by atoms with E-state index in [1.165, 1.54) is 25.7 Å². The van der Waals surface area contributed by atoms with Crippen LogP contribution in [0.15, 0.2) is 11.1 Å². The summed E-state index contributed by atoms with van der Waals surface area (Å²) in [6.07, 6.45) is 8.39. The summed E-state index contributed by atoms with van der Waals surface area (Å²) in [7, 11) is 0. The van der Waals surface area contributed by atoms with Gasteiger partial charge >= 0.3 is 0 Å². The Morgan fingerprint density at radius 1 is 1.07 bits per heavy atom. The van der Waals surface area contributed by atoms with Crippen molar-refractivity contribution in [2.24, 2.45) is 5.92 Å². The van der Waals surface area contributed by atoms with Gasteiger partial charge in [0.1, 0.15) is 0 Å². The Morgan fingerprint density at radius 3 is 2.20 bits per heavy atom. The Kier molecular flexibility index (Phi) is 2.30. The molecule has 0 aromatic heterocycles. The van der Waals surface area contributed by atoms with E-state index in [-0.39, 0.29) is 0 Å². The van der Waals surface area contributed by atoms with Crippen LogP contribution in [-0.4, -0.2) is 23.9 Å². The molecule has 2 aliphatic carbocycles. The maximum absolute atomic E-state index is 11.9. The third kappa shape index (κ3) is 2.24. The molecule has 0 aromatic carbocycles. The molecule has 2 heteroatoms. The van der Waals surface area contributed by atoms with E-state index in [1.54, 1.807) is 11.1 Å². The van der Waals surface area contributed by atoms with Crippen molar-refractivity contribution in [3.8, 4) is 0 Å². The van der Waals surface area contributed by atoms with Crippen molar-refractivity contribution >= 4 is 5.91 Å². The second-order valence-corrected chi connectivity index (χ2v) is 5.24. The van der Waals surface area contributed by atoms with E-state index < -0.39 is 0 Å². The molecule has 3 rings (SSSR count). The topological polar surface area (TPSA) is 20.3 Å². The van der Waals surface area contributed by atoms with E-state index >= 15 is 0 Å². The highest BCUT2D eigenvalue weighted by molar-refractivity contribution is 5.77. The van der Waals surface area contributed by atoms with E-state index in [1.807, 2.05) is 0 Å². The quantitative estimate of drug-likeness (QED) is 0.634. The van der Waals surface area contributed by atoms with Gasteiger partial charge in [0, 0.05) is 19.5 Å². The first-order valence-corrected chi connectivity index (χ1v) is 6.30. The van der Waals surface area contributed by atoms with Crippen molar-refractivity contribution in [1.29, 1.82) is 0 Å². The molecule has 0 spiro atoms. The van der Waals surface area contributed by atoms with Crippen LogP contribution in [0.5, 0.6) is 0 Å². The number of hydrogen-bond acceptors (Lipinski definition) is 1. The highest BCUT2D eigenvalue weighted by Gasteiger charge is 2.29. The fourth-order valence-electron chi connectivity index (χ4n) is 2.49. The third-order valence-corrected chi connectivity index (χ3v) is 3.88. The first kappa shape index (κ1) is 9.44. The summed E-state index contributed by atoms with van der Waals surface area (Å²) in [5, 5.41) is 0. The maximum atomic E-state index is 11.9. The number of rotatable bonds is 2. The van der Waals surface area contributed by atoms with Gasteiger partial charge in [-0.2, -0.15) is 0 Å². The lowest BCUT2D eigenvalue weighted by atomic mass is 10.0. The van der Waals surface area contributed by atoms with Crippen LogP contribution < -0.4 is 0 Å². The number of hydrogen-bond donors (Lipinski definition) is 0. The minimum Gasteiger partial charge on any atom is -0.342 e. The van der Waals surface area contributed by atoms with Crippen LogP contribution in [0.4, 0.5) is 0 Å². The standard InChI is InChI=1S/C13H19NO/c15-13(9-10-1-2-10)14-7-5-12(6-8-14)11-3-4-11/h10H,1-9H2. The van der Waals surface area contributed by atoms with E-state index in [4.69, 9.17) is 0 Å². The van der Waals surface area contributed by atoms with Crippen molar-refractivity contribution in [3.63, 3.8) is 0 Å². The van der Waals surface area contributed by atoms with Crippen molar-refractivity contribution in [2.45, 2.75) is 44.9 Å². The zero-order chi connectivity index (χ0) is 10.3. The number of nitrogens with zero attached hydrogens (tertiary/aromatic N) is 1. The molecule has 1 amide bonds. The van der Waals surface area contributed by atoms with Gasteiger partial charge in [-0.25, -0.2) is 0 Å². The number of amides is 1. The molecular formula is C13H19NO. The molecule has 0 radical (unpaired) electrons. The van der Waals surface area contributed by atoms with Gasteiger partial charge < -0.3 is 4.90 Å². The van der Waals surface area contributed by atoms with Crippen molar-refractivity contribution in [1.82, 2.24) is 4.90 Å². The minimum atomic E-state index is 0.414. The summed E-state index contributed by atoms with van der Waals surface area (Å²) in [6.45, 7) is 1.98. The van der Waals surface area contributed by atoms with Crippen LogP contribution in [0.2, 0.25) is 0 Å². The molecule has 3 fully saturated rings. The van der Waals surface area contributed by atoms with Crippen LogP contribution in [0, 0.1) is 5.92 Å². The summed E-state index contributed by atoms with van der Waals surface area (Å²) in [4.78, 5) is 13.9. The number of carbonyl (C=O) groups excluding carboxylic acids is 1. The molecule has 2 nitrogen and oxygen atoms in total. The van der Waals surface area contributed by atoms with Crippen LogP contribution in [-0.2, 0) is 4.79 Å². The lowest BCUT2D eigenvalue weighted by Crippen LogP contribution is -2.36. The smallest absolute Gasteiger partial charge is 0.222 e.